The Morgan fingerprint density at radius 3 is 1.49 bits per heavy atom. The second-order valence-electron chi connectivity index (χ2n) is 10.0. The molecule has 0 aliphatic heterocycles. The highest BCUT2D eigenvalue weighted by Gasteiger charge is 2.31. The number of nitrogens with two attached hydrogens (primary N) is 2. The zero-order chi connectivity index (χ0) is 31.4. The summed E-state index contributed by atoms with van der Waals surface area (Å²) >= 11 is 0. The van der Waals surface area contributed by atoms with E-state index in [0.29, 0.717) is 11.1 Å². The van der Waals surface area contributed by atoms with Gasteiger partial charge in [-0.05, 0) is 35.2 Å². The zero-order valence-electron chi connectivity index (χ0n) is 23.3. The van der Waals surface area contributed by atoms with E-state index in [-0.39, 0.29) is 25.0 Å². The lowest BCUT2D eigenvalue weighted by Gasteiger charge is -2.25. The van der Waals surface area contributed by atoms with Crippen molar-refractivity contribution in [2.45, 2.75) is 49.9 Å². The third kappa shape index (κ3) is 10.6. The first-order valence-electron chi connectivity index (χ1n) is 13.6. The molecule has 0 saturated carbocycles. The summed E-state index contributed by atoms with van der Waals surface area (Å²) < 4.78 is 0. The minimum Gasteiger partial charge on any atom is -0.508 e. The van der Waals surface area contributed by atoms with Crippen molar-refractivity contribution in [2.24, 2.45) is 11.5 Å². The molecule has 0 aliphatic rings. The Hall–Kier alpha value is -5.23. The second-order valence-corrected chi connectivity index (χ2v) is 10.0. The van der Waals surface area contributed by atoms with Crippen LogP contribution in [0.3, 0.4) is 0 Å². The van der Waals surface area contributed by atoms with Gasteiger partial charge >= 0.3 is 5.97 Å². The Bertz CT molecular complexity index is 1400. The Balaban J connectivity index is 1.84. The number of carbonyl (C=O) groups is 5. The molecule has 4 atom stereocenters. The number of benzene rings is 3. The van der Waals surface area contributed by atoms with Crippen molar-refractivity contribution in [3.05, 3.63) is 102 Å². The van der Waals surface area contributed by atoms with Crippen LogP contribution in [0.25, 0.3) is 0 Å². The van der Waals surface area contributed by atoms with E-state index in [1.807, 2.05) is 30.3 Å². The van der Waals surface area contributed by atoms with E-state index in [4.69, 9.17) is 11.5 Å². The predicted octanol–water partition coefficient (Wildman–Crippen LogP) is 0.162. The third-order valence-electron chi connectivity index (χ3n) is 6.58. The first-order valence-corrected chi connectivity index (χ1v) is 13.6. The summed E-state index contributed by atoms with van der Waals surface area (Å²) in [6, 6.07) is 18.8. The highest BCUT2D eigenvalue weighted by molar-refractivity contribution is 5.95. The van der Waals surface area contributed by atoms with Gasteiger partial charge < -0.3 is 37.6 Å². The van der Waals surface area contributed by atoms with Crippen molar-refractivity contribution in [3.8, 4) is 5.75 Å². The lowest BCUT2D eigenvalue weighted by Crippen LogP contribution is -2.58. The van der Waals surface area contributed by atoms with Gasteiger partial charge in [0.25, 0.3) is 0 Å². The standard InChI is InChI=1S/C31H35N5O7/c32-23(15-19-7-3-1-4-8-19)28(39)34-24(17-21-11-13-22(37)14-12-21)29(40)35-25(16-20-9-5-2-6-10-20)30(41)36-26(31(42)43)18-27(33)38/h1-14,23-26,37H,15-18,32H2,(H2,33,38)(H,34,39)(H,35,40)(H,36,41)(H,42,43). The van der Waals surface area contributed by atoms with Gasteiger partial charge in [0.2, 0.25) is 23.6 Å². The zero-order valence-corrected chi connectivity index (χ0v) is 23.3. The third-order valence-corrected chi connectivity index (χ3v) is 6.58. The van der Waals surface area contributed by atoms with Crippen molar-refractivity contribution >= 4 is 29.6 Å². The number of rotatable bonds is 15. The quantitative estimate of drug-likeness (QED) is 0.129. The number of primary amides is 1. The molecule has 0 spiro atoms. The van der Waals surface area contributed by atoms with Gasteiger partial charge in [0.05, 0.1) is 12.5 Å². The molecule has 0 aliphatic carbocycles. The van der Waals surface area contributed by atoms with Crippen molar-refractivity contribution < 1.29 is 34.2 Å². The van der Waals surface area contributed by atoms with Gasteiger partial charge in [0.1, 0.15) is 23.9 Å². The number of phenolic OH excluding ortho intramolecular Hbond substituents is 1. The number of hydrogen-bond acceptors (Lipinski definition) is 7. The fraction of sp³-hybridized carbons (Fsp3) is 0.258. The summed E-state index contributed by atoms with van der Waals surface area (Å²) in [6.07, 6.45) is -0.453. The number of carboxylic acids is 1. The molecular weight excluding hydrogens is 554 g/mol. The summed E-state index contributed by atoms with van der Waals surface area (Å²) in [4.78, 5) is 63.0. The fourth-order valence-corrected chi connectivity index (χ4v) is 4.32. The van der Waals surface area contributed by atoms with Gasteiger partial charge in [-0.25, -0.2) is 4.79 Å². The van der Waals surface area contributed by atoms with Crippen molar-refractivity contribution in [1.29, 1.82) is 0 Å². The van der Waals surface area contributed by atoms with Gasteiger partial charge in [0, 0.05) is 12.8 Å². The molecule has 3 rings (SSSR count). The Morgan fingerprint density at radius 2 is 1.02 bits per heavy atom. The molecule has 12 nitrogen and oxygen atoms in total. The monoisotopic (exact) mass is 589 g/mol. The maximum atomic E-state index is 13.6. The highest BCUT2D eigenvalue weighted by atomic mass is 16.4. The van der Waals surface area contributed by atoms with Crippen LogP contribution in [0.15, 0.2) is 84.9 Å². The van der Waals surface area contributed by atoms with Gasteiger partial charge in [-0.3, -0.25) is 19.2 Å². The normalized spacial score (nSPS) is 13.5. The second kappa shape index (κ2) is 15.7. The van der Waals surface area contributed by atoms with Crippen LogP contribution < -0.4 is 27.4 Å². The van der Waals surface area contributed by atoms with Crippen molar-refractivity contribution in [3.63, 3.8) is 0 Å². The molecular formula is C31H35N5O7. The number of amides is 4. The van der Waals surface area contributed by atoms with E-state index in [1.165, 1.54) is 12.1 Å². The SMILES string of the molecule is NC(=O)CC(NC(=O)C(Cc1ccccc1)NC(=O)C(Cc1ccc(O)cc1)NC(=O)C(N)Cc1ccccc1)C(=O)O. The molecule has 0 radical (unpaired) electrons. The van der Waals surface area contributed by atoms with Gasteiger partial charge in [-0.2, -0.15) is 0 Å². The van der Waals surface area contributed by atoms with E-state index in [2.05, 4.69) is 16.0 Å². The molecule has 0 bridgehead atoms. The maximum Gasteiger partial charge on any atom is 0.326 e. The Kier molecular flexibility index (Phi) is 11.8. The van der Waals surface area contributed by atoms with Crippen molar-refractivity contribution in [2.75, 3.05) is 0 Å². The summed E-state index contributed by atoms with van der Waals surface area (Å²) in [7, 11) is 0. The molecule has 4 amide bonds. The van der Waals surface area contributed by atoms with Crippen molar-refractivity contribution in [1.82, 2.24) is 16.0 Å². The maximum absolute atomic E-state index is 13.6. The molecule has 0 aromatic heterocycles. The number of carboxylic acid groups (broad SMARTS) is 1. The van der Waals surface area contributed by atoms with Gasteiger partial charge in [0.15, 0.2) is 0 Å². The molecule has 0 heterocycles. The first kappa shape index (κ1) is 32.3. The topological polar surface area (TPSA) is 214 Å². The molecule has 0 fully saturated rings. The van der Waals surface area contributed by atoms with E-state index >= 15 is 0 Å². The van der Waals surface area contributed by atoms with E-state index in [0.717, 1.165) is 5.56 Å². The van der Waals surface area contributed by atoms with Crippen LogP contribution in [0.2, 0.25) is 0 Å². The minimum absolute atomic E-state index is 0.00495. The number of aliphatic carboxylic acids is 1. The van der Waals surface area contributed by atoms with Crippen LogP contribution in [-0.2, 0) is 43.2 Å². The highest BCUT2D eigenvalue weighted by Crippen LogP contribution is 2.13. The molecule has 3 aromatic carbocycles. The summed E-state index contributed by atoms with van der Waals surface area (Å²) in [5.41, 5.74) is 13.4. The van der Waals surface area contributed by atoms with Crippen LogP contribution in [0, 0.1) is 0 Å². The van der Waals surface area contributed by atoms with Crippen LogP contribution in [-0.4, -0.2) is 64.0 Å². The lowest BCUT2D eigenvalue weighted by molar-refractivity contribution is -0.143. The molecule has 43 heavy (non-hydrogen) atoms. The average Bonchev–Trinajstić information content (AvgIpc) is 2.97. The average molecular weight is 590 g/mol. The molecule has 0 saturated heterocycles. The van der Waals surface area contributed by atoms with Crippen LogP contribution in [0.1, 0.15) is 23.1 Å². The summed E-state index contributed by atoms with van der Waals surface area (Å²) in [5, 5.41) is 26.7. The van der Waals surface area contributed by atoms with Crippen LogP contribution >= 0.6 is 0 Å². The summed E-state index contributed by atoms with van der Waals surface area (Å²) in [5.74, 6) is -4.57. The van der Waals surface area contributed by atoms with E-state index in [1.54, 1.807) is 42.5 Å². The van der Waals surface area contributed by atoms with Crippen LogP contribution in [0.4, 0.5) is 0 Å². The number of nitrogens with one attached hydrogen (secondary N) is 3. The molecule has 9 N–H and O–H groups in total. The Morgan fingerprint density at radius 1 is 0.605 bits per heavy atom. The van der Waals surface area contributed by atoms with Gasteiger partial charge in [-0.15, -0.1) is 0 Å². The summed E-state index contributed by atoms with van der Waals surface area (Å²) in [6.45, 7) is 0. The first-order chi connectivity index (χ1) is 20.5. The van der Waals surface area contributed by atoms with E-state index < -0.39 is 60.2 Å². The number of aromatic hydroxyl groups is 1. The fourth-order valence-electron chi connectivity index (χ4n) is 4.32. The van der Waals surface area contributed by atoms with Gasteiger partial charge in [-0.1, -0.05) is 72.8 Å². The molecule has 226 valence electrons. The predicted molar refractivity (Wildman–Crippen MR) is 157 cm³/mol. The smallest absolute Gasteiger partial charge is 0.326 e. The largest absolute Gasteiger partial charge is 0.508 e. The number of phenols is 1. The number of carbonyl (C=O) groups excluding carboxylic acids is 4. The minimum atomic E-state index is -1.61. The van der Waals surface area contributed by atoms with E-state index in [9.17, 15) is 34.2 Å². The molecule has 4 unspecified atom stereocenters. The molecule has 12 heteroatoms. The lowest BCUT2D eigenvalue weighted by atomic mass is 10.0. The molecule has 3 aromatic rings. The van der Waals surface area contributed by atoms with Crippen LogP contribution in [0.5, 0.6) is 5.75 Å². The number of hydrogen-bond donors (Lipinski definition) is 7. The Labute approximate surface area is 248 Å².